The van der Waals surface area contributed by atoms with Gasteiger partial charge in [-0.15, -0.1) is 0 Å². The van der Waals surface area contributed by atoms with Crippen molar-refractivity contribution >= 4 is 17.4 Å². The molecular formula is C19H17ClN6. The molecule has 0 spiro atoms. The number of nitrogens with two attached hydrogens (primary N) is 1. The highest BCUT2D eigenvalue weighted by Crippen LogP contribution is 2.24. The highest BCUT2D eigenvalue weighted by atomic mass is 35.5. The Hall–Kier alpha value is -3.12. The summed E-state index contributed by atoms with van der Waals surface area (Å²) in [6, 6.07) is 17.6. The van der Waals surface area contributed by atoms with E-state index < -0.39 is 0 Å². The van der Waals surface area contributed by atoms with Crippen molar-refractivity contribution in [1.82, 2.24) is 25.0 Å². The predicted molar refractivity (Wildman–Crippen MR) is 103 cm³/mol. The van der Waals surface area contributed by atoms with Gasteiger partial charge in [0.2, 0.25) is 0 Å². The summed E-state index contributed by atoms with van der Waals surface area (Å²) >= 11 is 5.92. The second kappa shape index (κ2) is 7.01. The van der Waals surface area contributed by atoms with Crippen LogP contribution in [0.3, 0.4) is 0 Å². The summed E-state index contributed by atoms with van der Waals surface area (Å²) < 4.78 is 1.84. The van der Waals surface area contributed by atoms with Crippen molar-refractivity contribution in [3.8, 4) is 22.8 Å². The van der Waals surface area contributed by atoms with Gasteiger partial charge in [-0.1, -0.05) is 41.9 Å². The molecule has 6 nitrogen and oxygen atoms in total. The van der Waals surface area contributed by atoms with Crippen LogP contribution in [-0.4, -0.2) is 25.0 Å². The van der Waals surface area contributed by atoms with E-state index in [0.29, 0.717) is 22.5 Å². The van der Waals surface area contributed by atoms with Crippen molar-refractivity contribution in [3.05, 3.63) is 71.4 Å². The van der Waals surface area contributed by atoms with Gasteiger partial charge in [0, 0.05) is 23.3 Å². The lowest BCUT2D eigenvalue weighted by Crippen LogP contribution is -2.02. The summed E-state index contributed by atoms with van der Waals surface area (Å²) in [6.45, 7) is 0.742. The molecule has 4 aromatic rings. The number of halogens is 1. The molecular weight excluding hydrogens is 348 g/mol. The third kappa shape index (κ3) is 3.45. The van der Waals surface area contributed by atoms with Crippen molar-refractivity contribution in [1.29, 1.82) is 0 Å². The number of nitrogen functional groups attached to an aromatic ring is 1. The topological polar surface area (TPSA) is 85.4 Å². The van der Waals surface area contributed by atoms with E-state index in [1.54, 1.807) is 0 Å². The summed E-state index contributed by atoms with van der Waals surface area (Å²) in [4.78, 5) is 4.53. The van der Waals surface area contributed by atoms with Crippen LogP contribution in [0.5, 0.6) is 0 Å². The maximum Gasteiger partial charge on any atom is 0.181 e. The highest BCUT2D eigenvalue weighted by Gasteiger charge is 2.14. The first kappa shape index (κ1) is 16.4. The van der Waals surface area contributed by atoms with Crippen LogP contribution in [-0.2, 0) is 13.0 Å². The number of nitrogens with one attached hydrogen (secondary N) is 1. The summed E-state index contributed by atoms with van der Waals surface area (Å²) in [6.07, 6.45) is 2.78. The van der Waals surface area contributed by atoms with E-state index in [-0.39, 0.29) is 0 Å². The van der Waals surface area contributed by atoms with E-state index in [4.69, 9.17) is 17.3 Å². The van der Waals surface area contributed by atoms with Crippen LogP contribution in [0.4, 0.5) is 5.82 Å². The van der Waals surface area contributed by atoms with Gasteiger partial charge >= 0.3 is 0 Å². The Morgan fingerprint density at radius 1 is 1.04 bits per heavy atom. The second-order valence-corrected chi connectivity index (χ2v) is 6.38. The molecule has 4 rings (SSSR count). The average molecular weight is 365 g/mol. The standard InChI is InChI=1S/C19H17ClN6/c20-15-8-6-14(7-9-15)18-22-19(24-23-18)16-12-26(25-17(16)21)11-10-13-4-2-1-3-5-13/h1-9,12H,10-11H2,(H2,21,25)(H,22,23,24). The van der Waals surface area contributed by atoms with Gasteiger partial charge < -0.3 is 5.73 Å². The molecule has 0 atom stereocenters. The fourth-order valence-corrected chi connectivity index (χ4v) is 2.86. The average Bonchev–Trinajstić information content (AvgIpc) is 3.28. The smallest absolute Gasteiger partial charge is 0.181 e. The molecule has 0 saturated heterocycles. The molecule has 0 amide bonds. The fourth-order valence-electron chi connectivity index (χ4n) is 2.73. The minimum atomic E-state index is 0.428. The number of hydrogen-bond donors (Lipinski definition) is 2. The Bertz CT molecular complexity index is 1000. The fraction of sp³-hybridized carbons (Fsp3) is 0.105. The van der Waals surface area contributed by atoms with E-state index in [2.05, 4.69) is 32.4 Å². The molecule has 26 heavy (non-hydrogen) atoms. The lowest BCUT2D eigenvalue weighted by molar-refractivity contribution is 0.617. The zero-order chi connectivity index (χ0) is 17.9. The molecule has 0 unspecified atom stereocenters. The van der Waals surface area contributed by atoms with Crippen LogP contribution >= 0.6 is 11.6 Å². The molecule has 130 valence electrons. The molecule has 7 heteroatoms. The molecule has 2 aromatic carbocycles. The highest BCUT2D eigenvalue weighted by molar-refractivity contribution is 6.30. The maximum atomic E-state index is 6.07. The largest absolute Gasteiger partial charge is 0.382 e. The number of anilines is 1. The Morgan fingerprint density at radius 3 is 2.58 bits per heavy atom. The maximum absolute atomic E-state index is 6.07. The van der Waals surface area contributed by atoms with E-state index in [0.717, 1.165) is 24.1 Å². The molecule has 0 radical (unpaired) electrons. The first-order chi connectivity index (χ1) is 12.7. The van der Waals surface area contributed by atoms with Crippen LogP contribution in [0.15, 0.2) is 60.8 Å². The van der Waals surface area contributed by atoms with E-state index >= 15 is 0 Å². The number of aromatic nitrogens is 5. The van der Waals surface area contributed by atoms with Crippen LogP contribution in [0, 0.1) is 0 Å². The summed E-state index contributed by atoms with van der Waals surface area (Å²) in [5.41, 5.74) is 8.95. The van der Waals surface area contributed by atoms with Crippen molar-refractivity contribution in [2.24, 2.45) is 0 Å². The SMILES string of the molecule is Nc1nn(CCc2ccccc2)cc1-c1nc(-c2ccc(Cl)cc2)n[nH]1. The number of nitrogens with zero attached hydrogens (tertiary/aromatic N) is 4. The molecule has 0 fully saturated rings. The van der Waals surface area contributed by atoms with Gasteiger partial charge in [-0.3, -0.25) is 9.78 Å². The summed E-state index contributed by atoms with van der Waals surface area (Å²) in [7, 11) is 0. The minimum Gasteiger partial charge on any atom is -0.382 e. The Kier molecular flexibility index (Phi) is 4.41. The molecule has 2 aromatic heterocycles. The molecule has 0 aliphatic carbocycles. The molecule has 0 aliphatic rings. The Balaban J connectivity index is 1.53. The number of aryl methyl sites for hydroxylation is 2. The molecule has 0 bridgehead atoms. The molecule has 0 aliphatic heterocycles. The van der Waals surface area contributed by atoms with Crippen molar-refractivity contribution in [2.45, 2.75) is 13.0 Å². The van der Waals surface area contributed by atoms with Gasteiger partial charge in [0.15, 0.2) is 17.5 Å². The zero-order valence-electron chi connectivity index (χ0n) is 13.9. The Labute approximate surface area is 155 Å². The van der Waals surface area contributed by atoms with Gasteiger partial charge in [-0.05, 0) is 36.2 Å². The van der Waals surface area contributed by atoms with Gasteiger partial charge in [0.1, 0.15) is 0 Å². The van der Waals surface area contributed by atoms with Crippen LogP contribution in [0.1, 0.15) is 5.56 Å². The van der Waals surface area contributed by atoms with Crippen molar-refractivity contribution in [3.63, 3.8) is 0 Å². The molecule has 0 saturated carbocycles. The molecule has 2 heterocycles. The minimum absolute atomic E-state index is 0.428. The van der Waals surface area contributed by atoms with Gasteiger partial charge in [0.05, 0.1) is 5.56 Å². The number of H-pyrrole nitrogens is 1. The third-order valence-electron chi connectivity index (χ3n) is 4.11. The summed E-state index contributed by atoms with van der Waals surface area (Å²) in [5.74, 6) is 1.61. The molecule has 3 N–H and O–H groups in total. The normalized spacial score (nSPS) is 11.0. The number of hydrogen-bond acceptors (Lipinski definition) is 4. The zero-order valence-corrected chi connectivity index (χ0v) is 14.7. The van der Waals surface area contributed by atoms with Crippen molar-refractivity contribution in [2.75, 3.05) is 5.73 Å². The third-order valence-corrected chi connectivity index (χ3v) is 4.36. The first-order valence-corrected chi connectivity index (χ1v) is 8.62. The van der Waals surface area contributed by atoms with E-state index in [9.17, 15) is 0 Å². The van der Waals surface area contributed by atoms with Gasteiger partial charge in [-0.25, -0.2) is 4.98 Å². The lowest BCUT2D eigenvalue weighted by atomic mass is 10.1. The second-order valence-electron chi connectivity index (χ2n) is 5.94. The van der Waals surface area contributed by atoms with E-state index in [1.165, 1.54) is 5.56 Å². The van der Waals surface area contributed by atoms with Crippen LogP contribution in [0.2, 0.25) is 5.02 Å². The Morgan fingerprint density at radius 2 is 1.81 bits per heavy atom. The summed E-state index contributed by atoms with van der Waals surface area (Å²) in [5, 5.41) is 12.3. The first-order valence-electron chi connectivity index (χ1n) is 8.24. The van der Waals surface area contributed by atoms with Gasteiger partial charge in [-0.2, -0.15) is 10.2 Å². The predicted octanol–water partition coefficient (Wildman–Crippen LogP) is 3.81. The van der Waals surface area contributed by atoms with Crippen LogP contribution in [0.25, 0.3) is 22.8 Å². The van der Waals surface area contributed by atoms with E-state index in [1.807, 2.05) is 53.3 Å². The van der Waals surface area contributed by atoms with Gasteiger partial charge in [0.25, 0.3) is 0 Å². The van der Waals surface area contributed by atoms with Crippen molar-refractivity contribution < 1.29 is 0 Å². The lowest BCUT2D eigenvalue weighted by Gasteiger charge is -2.01. The quantitative estimate of drug-likeness (QED) is 0.563. The number of benzene rings is 2. The number of rotatable bonds is 5. The monoisotopic (exact) mass is 364 g/mol. The number of aromatic amines is 1. The van der Waals surface area contributed by atoms with Crippen LogP contribution < -0.4 is 5.73 Å².